The molecule has 2 aromatic carbocycles. The van der Waals surface area contributed by atoms with Crippen molar-refractivity contribution in [2.45, 2.75) is 25.1 Å². The number of nitrogens with zero attached hydrogens (tertiary/aromatic N) is 1. The summed E-state index contributed by atoms with van der Waals surface area (Å²) in [5, 5.41) is 12.3. The maximum absolute atomic E-state index is 12.1. The number of sulfone groups is 1. The molecule has 0 bridgehead atoms. The highest BCUT2D eigenvalue weighted by Crippen LogP contribution is 2.32. The molecule has 182 valence electrons. The molecule has 1 saturated heterocycles. The summed E-state index contributed by atoms with van der Waals surface area (Å²) in [4.78, 5) is 1.93. The Morgan fingerprint density at radius 2 is 1.79 bits per heavy atom. The third-order valence-corrected chi connectivity index (χ3v) is 8.21. The minimum Gasteiger partial charge on any atom is -0.491 e. The molecule has 1 aliphatic rings. The Morgan fingerprint density at radius 1 is 1.06 bits per heavy atom. The van der Waals surface area contributed by atoms with E-state index in [1.807, 2.05) is 11.0 Å². The molecular formula is C24H24Cl3NO5S. The fraction of sp³-hybridized carbons (Fsp3) is 0.333. The van der Waals surface area contributed by atoms with Crippen LogP contribution in [0.4, 0.5) is 0 Å². The molecule has 34 heavy (non-hydrogen) atoms. The molecule has 0 spiro atoms. The number of halogens is 3. The van der Waals surface area contributed by atoms with E-state index in [0.717, 1.165) is 0 Å². The first-order valence-electron chi connectivity index (χ1n) is 10.7. The van der Waals surface area contributed by atoms with Gasteiger partial charge in [-0.3, -0.25) is 4.90 Å². The van der Waals surface area contributed by atoms with Crippen LogP contribution < -0.4 is 4.74 Å². The predicted octanol–water partition coefficient (Wildman–Crippen LogP) is 5.34. The number of benzene rings is 2. The maximum Gasteiger partial charge on any atom is 0.151 e. The van der Waals surface area contributed by atoms with Crippen molar-refractivity contribution in [2.24, 2.45) is 0 Å². The van der Waals surface area contributed by atoms with Gasteiger partial charge in [0, 0.05) is 28.2 Å². The number of ether oxygens (including phenoxy) is 1. The van der Waals surface area contributed by atoms with Crippen molar-refractivity contribution in [3.8, 4) is 17.1 Å². The summed E-state index contributed by atoms with van der Waals surface area (Å²) in [6.45, 7) is 0.608. The quantitative estimate of drug-likeness (QED) is 0.392. The SMILES string of the molecule is O=S1(=O)CCC(N(Cc2ccc(-c3cc(Cl)ccc3Cl)o2)CC(O)COc2ccc(Cl)cc2)C1. The lowest BCUT2D eigenvalue weighted by Gasteiger charge is -2.29. The van der Waals surface area contributed by atoms with E-state index in [9.17, 15) is 13.5 Å². The second-order valence-electron chi connectivity index (χ2n) is 8.30. The van der Waals surface area contributed by atoms with Crippen molar-refractivity contribution < 1.29 is 22.7 Å². The van der Waals surface area contributed by atoms with Gasteiger partial charge in [-0.15, -0.1) is 0 Å². The molecule has 0 saturated carbocycles. The van der Waals surface area contributed by atoms with Crippen LogP contribution in [-0.2, 0) is 16.4 Å². The Labute approximate surface area is 213 Å². The summed E-state index contributed by atoms with van der Waals surface area (Å²) < 4.78 is 35.9. The van der Waals surface area contributed by atoms with Gasteiger partial charge in [0.05, 0.1) is 23.1 Å². The van der Waals surface area contributed by atoms with Gasteiger partial charge in [-0.2, -0.15) is 0 Å². The third-order valence-electron chi connectivity index (χ3n) is 5.64. The molecule has 0 aliphatic carbocycles. The van der Waals surface area contributed by atoms with Crippen LogP contribution in [0, 0.1) is 0 Å². The van der Waals surface area contributed by atoms with Gasteiger partial charge in [0.15, 0.2) is 9.84 Å². The molecule has 1 N–H and O–H groups in total. The Balaban J connectivity index is 1.46. The smallest absolute Gasteiger partial charge is 0.151 e. The van der Waals surface area contributed by atoms with Crippen LogP contribution in [0.15, 0.2) is 59.0 Å². The molecule has 2 heterocycles. The topological polar surface area (TPSA) is 80.0 Å². The second-order valence-corrected chi connectivity index (χ2v) is 11.8. The summed E-state index contributed by atoms with van der Waals surface area (Å²) in [6, 6.07) is 15.4. The van der Waals surface area contributed by atoms with Gasteiger partial charge >= 0.3 is 0 Å². The Bertz CT molecular complexity index is 1230. The molecule has 1 fully saturated rings. The zero-order chi connectivity index (χ0) is 24.3. The fourth-order valence-electron chi connectivity index (χ4n) is 3.95. The van der Waals surface area contributed by atoms with Crippen molar-refractivity contribution in [1.29, 1.82) is 0 Å². The van der Waals surface area contributed by atoms with Gasteiger partial charge in [-0.05, 0) is 61.0 Å². The molecule has 10 heteroatoms. The van der Waals surface area contributed by atoms with E-state index in [4.69, 9.17) is 44.0 Å². The van der Waals surface area contributed by atoms with E-state index in [2.05, 4.69) is 0 Å². The highest BCUT2D eigenvalue weighted by molar-refractivity contribution is 7.91. The van der Waals surface area contributed by atoms with Crippen molar-refractivity contribution in [3.63, 3.8) is 0 Å². The molecule has 1 aliphatic heterocycles. The summed E-state index contributed by atoms with van der Waals surface area (Å²) in [5.74, 6) is 1.96. The van der Waals surface area contributed by atoms with Crippen LogP contribution in [0.3, 0.4) is 0 Å². The normalized spacial score (nSPS) is 18.3. The van der Waals surface area contributed by atoms with E-state index in [1.54, 1.807) is 48.5 Å². The Morgan fingerprint density at radius 3 is 2.50 bits per heavy atom. The van der Waals surface area contributed by atoms with E-state index >= 15 is 0 Å². The van der Waals surface area contributed by atoms with Crippen molar-refractivity contribution >= 4 is 44.6 Å². The summed E-state index contributed by atoms with van der Waals surface area (Å²) in [5.41, 5.74) is 0.673. The first-order valence-corrected chi connectivity index (χ1v) is 13.7. The molecule has 6 nitrogen and oxygen atoms in total. The molecule has 2 unspecified atom stereocenters. The van der Waals surface area contributed by atoms with Gasteiger partial charge in [0.1, 0.15) is 30.0 Å². The largest absolute Gasteiger partial charge is 0.491 e. The first-order chi connectivity index (χ1) is 16.2. The zero-order valence-corrected chi connectivity index (χ0v) is 21.2. The van der Waals surface area contributed by atoms with E-state index in [-0.39, 0.29) is 30.7 Å². The maximum atomic E-state index is 12.1. The van der Waals surface area contributed by atoms with Gasteiger partial charge in [-0.25, -0.2) is 8.42 Å². The van der Waals surface area contributed by atoms with Crippen LogP contribution in [0.5, 0.6) is 5.75 Å². The van der Waals surface area contributed by atoms with Gasteiger partial charge in [0.2, 0.25) is 0 Å². The number of hydrogen-bond donors (Lipinski definition) is 1. The number of hydrogen-bond acceptors (Lipinski definition) is 6. The summed E-state index contributed by atoms with van der Waals surface area (Å²) >= 11 is 18.3. The molecule has 0 amide bonds. The standard InChI is InChI=1S/C24H24Cl3NO5S/c25-16-1-4-20(5-2-16)32-14-19(29)12-28(18-9-10-34(30,31)15-18)13-21-6-8-24(33-21)22-11-17(26)3-7-23(22)27/h1-8,11,18-19,29H,9-10,12-15H2. The predicted molar refractivity (Wildman–Crippen MR) is 135 cm³/mol. The van der Waals surface area contributed by atoms with E-state index in [1.165, 1.54) is 0 Å². The lowest BCUT2D eigenvalue weighted by molar-refractivity contribution is 0.0498. The van der Waals surface area contributed by atoms with Crippen LogP contribution in [0.25, 0.3) is 11.3 Å². The minimum atomic E-state index is -3.11. The average Bonchev–Trinajstić information content (AvgIpc) is 3.40. The zero-order valence-electron chi connectivity index (χ0n) is 18.2. The third kappa shape index (κ3) is 6.68. The van der Waals surface area contributed by atoms with Crippen LogP contribution in [0.1, 0.15) is 12.2 Å². The molecular weight excluding hydrogens is 521 g/mol. The Hall–Kier alpha value is -1.74. The molecule has 3 aromatic rings. The highest BCUT2D eigenvalue weighted by atomic mass is 35.5. The fourth-order valence-corrected chi connectivity index (χ4v) is 6.22. The molecule has 2 atom stereocenters. The molecule has 1 aromatic heterocycles. The molecule has 4 rings (SSSR count). The lowest BCUT2D eigenvalue weighted by atomic mass is 10.2. The van der Waals surface area contributed by atoms with Crippen molar-refractivity contribution in [3.05, 3.63) is 75.4 Å². The number of aliphatic hydroxyl groups excluding tert-OH is 1. The number of rotatable bonds is 9. The average molecular weight is 545 g/mol. The van der Waals surface area contributed by atoms with Crippen molar-refractivity contribution in [2.75, 3.05) is 24.7 Å². The lowest BCUT2D eigenvalue weighted by Crippen LogP contribution is -2.42. The van der Waals surface area contributed by atoms with Crippen LogP contribution in [0.2, 0.25) is 15.1 Å². The molecule has 0 radical (unpaired) electrons. The van der Waals surface area contributed by atoms with Gasteiger partial charge in [0.25, 0.3) is 0 Å². The number of aliphatic hydroxyl groups is 1. The first kappa shape index (κ1) is 25.4. The van der Waals surface area contributed by atoms with E-state index < -0.39 is 15.9 Å². The monoisotopic (exact) mass is 543 g/mol. The van der Waals surface area contributed by atoms with E-state index in [0.29, 0.717) is 50.9 Å². The Kier molecular flexibility index (Phi) is 8.12. The minimum absolute atomic E-state index is 0.0471. The highest BCUT2D eigenvalue weighted by Gasteiger charge is 2.33. The number of furan rings is 1. The van der Waals surface area contributed by atoms with Crippen LogP contribution in [-0.4, -0.2) is 55.2 Å². The van der Waals surface area contributed by atoms with Gasteiger partial charge < -0.3 is 14.3 Å². The summed E-state index contributed by atoms with van der Waals surface area (Å²) in [6.07, 6.45) is -0.336. The van der Waals surface area contributed by atoms with Crippen molar-refractivity contribution in [1.82, 2.24) is 4.90 Å². The summed E-state index contributed by atoms with van der Waals surface area (Å²) in [7, 11) is -3.11. The van der Waals surface area contributed by atoms with Gasteiger partial charge in [-0.1, -0.05) is 34.8 Å². The second kappa shape index (κ2) is 10.9. The van der Waals surface area contributed by atoms with Crippen LogP contribution >= 0.6 is 34.8 Å².